The van der Waals surface area contributed by atoms with Gasteiger partial charge in [-0.15, -0.1) is 0 Å². The lowest BCUT2D eigenvalue weighted by Crippen LogP contribution is -2.30. The summed E-state index contributed by atoms with van der Waals surface area (Å²) < 4.78 is 30.1. The quantitative estimate of drug-likeness (QED) is 0.179. The minimum Gasteiger partial charge on any atom is -0.451 e. The van der Waals surface area contributed by atoms with E-state index in [1.807, 2.05) is 0 Å². The van der Waals surface area contributed by atoms with Gasteiger partial charge in [-0.05, 0) is 49.9 Å². The van der Waals surface area contributed by atoms with E-state index in [2.05, 4.69) is 22.6 Å². The maximum absolute atomic E-state index is 12.7. The fraction of sp³-hybridized carbons (Fsp3) is 0.267. The van der Waals surface area contributed by atoms with Crippen molar-refractivity contribution >= 4 is 59.0 Å². The van der Waals surface area contributed by atoms with Crippen molar-refractivity contribution in [2.24, 2.45) is 11.8 Å². The summed E-state index contributed by atoms with van der Waals surface area (Å²) in [4.78, 5) is 71.1. The highest BCUT2D eigenvalue weighted by Gasteiger charge is 2.32. The molecule has 1 aliphatic carbocycles. The highest BCUT2D eigenvalue weighted by Crippen LogP contribution is 2.35. The van der Waals surface area contributed by atoms with E-state index < -0.39 is 60.9 Å². The molecule has 0 unspecified atom stereocenters. The van der Waals surface area contributed by atoms with Crippen LogP contribution in [0.1, 0.15) is 25.7 Å². The minimum absolute atomic E-state index is 0.0118. The molecule has 1 fully saturated rings. The van der Waals surface area contributed by atoms with Crippen LogP contribution >= 0.6 is 23.2 Å². The highest BCUT2D eigenvalue weighted by atomic mass is 35.5. The van der Waals surface area contributed by atoms with Crippen molar-refractivity contribution < 1.29 is 57.2 Å². The number of ether oxygens (including phenoxy) is 6. The number of halogens is 2. The van der Waals surface area contributed by atoms with Gasteiger partial charge in [-0.2, -0.15) is 0 Å². The number of benzene rings is 2. The van der Waals surface area contributed by atoms with Crippen molar-refractivity contribution in [3.05, 3.63) is 71.8 Å². The Kier molecular flexibility index (Phi) is 12.5. The zero-order valence-corrected chi connectivity index (χ0v) is 24.6. The Labute approximate surface area is 261 Å². The third kappa shape index (κ3) is 10.2. The van der Waals surface area contributed by atoms with Gasteiger partial charge in [-0.1, -0.05) is 36.4 Å². The first-order chi connectivity index (χ1) is 21.0. The fourth-order valence-electron chi connectivity index (χ4n) is 3.90. The van der Waals surface area contributed by atoms with E-state index in [0.29, 0.717) is 25.7 Å². The van der Waals surface area contributed by atoms with Crippen LogP contribution in [0.25, 0.3) is 0 Å². The Morgan fingerprint density at radius 2 is 1.00 bits per heavy atom. The van der Waals surface area contributed by atoms with Crippen LogP contribution in [0, 0.1) is 11.8 Å². The lowest BCUT2D eigenvalue weighted by Gasteiger charge is -2.26. The average Bonchev–Trinajstić information content (AvgIpc) is 3.01. The largest absolute Gasteiger partial charge is 0.451 e. The van der Waals surface area contributed by atoms with Crippen molar-refractivity contribution in [1.82, 2.24) is 0 Å². The molecule has 0 saturated heterocycles. The maximum Gasteiger partial charge on any atom is 0.349 e. The Bertz CT molecular complexity index is 1350. The molecule has 12 nitrogen and oxygen atoms in total. The van der Waals surface area contributed by atoms with Gasteiger partial charge in [0.1, 0.15) is 23.0 Å². The molecule has 1 aliphatic rings. The molecule has 3 rings (SSSR count). The van der Waals surface area contributed by atoms with Gasteiger partial charge in [-0.3, -0.25) is 9.59 Å². The number of carbonyl (C=O) groups excluding carboxylic acids is 6. The van der Waals surface area contributed by atoms with Crippen LogP contribution in [0.15, 0.2) is 61.7 Å². The number of carbonyl (C=O) groups is 6. The van der Waals surface area contributed by atoms with E-state index in [1.54, 1.807) is 0 Å². The molecule has 0 N–H and O–H groups in total. The second-order valence-corrected chi connectivity index (χ2v) is 9.96. The first kappa shape index (κ1) is 33.8. The Morgan fingerprint density at radius 3 is 1.32 bits per heavy atom. The summed E-state index contributed by atoms with van der Waals surface area (Å²) in [5.74, 6) is -5.09. The topological polar surface area (TPSA) is 158 Å². The number of hydrogen-bond acceptors (Lipinski definition) is 12. The molecule has 232 valence electrons. The molecule has 0 aromatic heterocycles. The molecule has 1 saturated carbocycles. The standard InChI is InChI=1S/C30H26Cl2O12/c1-3-25(33)39-15-27(35)41-19-9-11-23(21(31)13-19)43-29(37)17-5-7-18(8-6-17)30(38)44-24-12-10-20(14-22(24)32)42-28(36)16-40-26(34)4-2/h3-4,9-14,17-18H,1-2,5-8,15-16H2. The molecule has 0 heterocycles. The van der Waals surface area contributed by atoms with Gasteiger partial charge in [0, 0.05) is 24.3 Å². The molecule has 14 heteroatoms. The summed E-state index contributed by atoms with van der Waals surface area (Å²) in [5, 5.41) is 0.0237. The predicted molar refractivity (Wildman–Crippen MR) is 153 cm³/mol. The molecule has 0 radical (unpaired) electrons. The second kappa shape index (κ2) is 16.2. The number of rotatable bonds is 12. The van der Waals surface area contributed by atoms with Crippen LogP contribution in [0.3, 0.4) is 0 Å². The summed E-state index contributed by atoms with van der Waals surface area (Å²) in [5.41, 5.74) is 0. The van der Waals surface area contributed by atoms with Gasteiger partial charge in [0.25, 0.3) is 0 Å². The van der Waals surface area contributed by atoms with Crippen LogP contribution in [-0.2, 0) is 38.2 Å². The van der Waals surface area contributed by atoms with Gasteiger partial charge in [0.15, 0.2) is 13.2 Å². The SMILES string of the molecule is C=CC(=O)OCC(=O)Oc1ccc(OC(=O)C2CCC(C(=O)Oc3ccc(OC(=O)COC(=O)C=C)cc3Cl)CC2)c(Cl)c1. The molecule has 2 aromatic rings. The van der Waals surface area contributed by atoms with E-state index >= 15 is 0 Å². The van der Waals surface area contributed by atoms with E-state index in [4.69, 9.17) is 42.1 Å². The molecule has 44 heavy (non-hydrogen) atoms. The summed E-state index contributed by atoms with van der Waals surface area (Å²) in [7, 11) is 0. The molecule has 0 atom stereocenters. The van der Waals surface area contributed by atoms with Crippen molar-refractivity contribution in [2.45, 2.75) is 25.7 Å². The number of esters is 6. The normalized spacial score (nSPS) is 15.6. The maximum atomic E-state index is 12.7. The van der Waals surface area contributed by atoms with Crippen molar-refractivity contribution in [2.75, 3.05) is 13.2 Å². The van der Waals surface area contributed by atoms with Crippen LogP contribution in [-0.4, -0.2) is 49.0 Å². The summed E-state index contributed by atoms with van der Waals surface area (Å²) >= 11 is 12.4. The third-order valence-electron chi connectivity index (χ3n) is 6.08. The summed E-state index contributed by atoms with van der Waals surface area (Å²) in [6.07, 6.45) is 3.23. The highest BCUT2D eigenvalue weighted by molar-refractivity contribution is 6.32. The first-order valence-electron chi connectivity index (χ1n) is 13.0. The summed E-state index contributed by atoms with van der Waals surface area (Å²) in [6.45, 7) is 5.19. The summed E-state index contributed by atoms with van der Waals surface area (Å²) in [6, 6.07) is 7.97. The average molecular weight is 649 g/mol. The molecular weight excluding hydrogens is 623 g/mol. The number of hydrogen-bond donors (Lipinski definition) is 0. The van der Waals surface area contributed by atoms with Gasteiger partial charge in [0.05, 0.1) is 21.9 Å². The monoisotopic (exact) mass is 648 g/mol. The fourth-order valence-corrected chi connectivity index (χ4v) is 4.32. The molecule has 0 spiro atoms. The zero-order valence-electron chi connectivity index (χ0n) is 23.1. The van der Waals surface area contributed by atoms with E-state index in [9.17, 15) is 28.8 Å². The Balaban J connectivity index is 1.46. The van der Waals surface area contributed by atoms with Crippen LogP contribution < -0.4 is 18.9 Å². The minimum atomic E-state index is -0.846. The second-order valence-electron chi connectivity index (χ2n) is 9.15. The first-order valence-corrected chi connectivity index (χ1v) is 13.8. The molecule has 0 amide bonds. The third-order valence-corrected chi connectivity index (χ3v) is 6.67. The van der Waals surface area contributed by atoms with Gasteiger partial charge in [-0.25, -0.2) is 19.2 Å². The predicted octanol–water partition coefficient (Wildman–Crippen LogP) is 4.58. The van der Waals surface area contributed by atoms with E-state index in [0.717, 1.165) is 12.2 Å². The zero-order chi connectivity index (χ0) is 32.2. The van der Waals surface area contributed by atoms with Gasteiger partial charge in [0.2, 0.25) is 0 Å². The molecule has 0 aliphatic heterocycles. The van der Waals surface area contributed by atoms with Crippen molar-refractivity contribution in [3.63, 3.8) is 0 Å². The Morgan fingerprint density at radius 1 is 0.636 bits per heavy atom. The molecule has 2 aromatic carbocycles. The van der Waals surface area contributed by atoms with Crippen molar-refractivity contribution in [1.29, 1.82) is 0 Å². The van der Waals surface area contributed by atoms with Crippen LogP contribution in [0.2, 0.25) is 10.0 Å². The van der Waals surface area contributed by atoms with E-state index in [-0.39, 0.29) is 33.0 Å². The lowest BCUT2D eigenvalue weighted by atomic mass is 9.82. The Hall–Kier alpha value is -4.68. The van der Waals surface area contributed by atoms with E-state index in [1.165, 1.54) is 36.4 Å². The van der Waals surface area contributed by atoms with Crippen LogP contribution in [0.5, 0.6) is 23.0 Å². The van der Waals surface area contributed by atoms with Crippen molar-refractivity contribution in [3.8, 4) is 23.0 Å². The van der Waals surface area contributed by atoms with Gasteiger partial charge >= 0.3 is 35.8 Å². The lowest BCUT2D eigenvalue weighted by molar-refractivity contribution is -0.150. The van der Waals surface area contributed by atoms with Gasteiger partial charge < -0.3 is 28.4 Å². The molecular formula is C30H26Cl2O12. The smallest absolute Gasteiger partial charge is 0.349 e. The van der Waals surface area contributed by atoms with Crippen LogP contribution in [0.4, 0.5) is 0 Å². The molecule has 0 bridgehead atoms.